The molecule has 2 rings (SSSR count). The molecule has 0 aromatic heterocycles. The summed E-state index contributed by atoms with van der Waals surface area (Å²) in [6.07, 6.45) is -0.682. The van der Waals surface area contributed by atoms with Gasteiger partial charge in [0.1, 0.15) is 5.75 Å². The second kappa shape index (κ2) is 3.74. The second-order valence-corrected chi connectivity index (χ2v) is 3.77. The lowest BCUT2D eigenvalue weighted by atomic mass is 9.92. The molecule has 0 spiro atoms. The molecule has 3 N–H and O–H groups in total. The fourth-order valence-electron chi connectivity index (χ4n) is 1.91. The number of aliphatic carboxylic acids is 1. The number of ether oxygens (including phenoxy) is 1. The number of carboxylic acid groups (broad SMARTS) is 1. The number of anilines is 1. The summed E-state index contributed by atoms with van der Waals surface area (Å²) in [5, 5.41) is 21.3. The van der Waals surface area contributed by atoms with E-state index in [2.05, 4.69) is 5.32 Å². The van der Waals surface area contributed by atoms with Crippen molar-refractivity contribution in [2.75, 3.05) is 12.4 Å². The van der Waals surface area contributed by atoms with E-state index < -0.39 is 23.9 Å². The van der Waals surface area contributed by atoms with Crippen molar-refractivity contribution in [2.24, 2.45) is 0 Å². The Labute approximate surface area is 96.8 Å². The van der Waals surface area contributed by atoms with Gasteiger partial charge in [0.2, 0.25) is 0 Å². The van der Waals surface area contributed by atoms with Gasteiger partial charge < -0.3 is 20.3 Å². The number of carbonyl (C=O) groups is 2. The van der Waals surface area contributed by atoms with Crippen molar-refractivity contribution < 1.29 is 24.5 Å². The number of aliphatic hydroxyl groups is 1. The van der Waals surface area contributed by atoms with Crippen molar-refractivity contribution in [1.82, 2.24) is 0 Å². The molecule has 0 saturated carbocycles. The molecule has 0 aliphatic carbocycles. The highest BCUT2D eigenvalue weighted by Crippen LogP contribution is 2.43. The standard InChI is InChI=1S/C11H11NO5/c1-17-7-4-2-3-6-9(7)12-10(15)11(6,16)5-8(13)14/h2-4,16H,5H2,1H3,(H,12,15)(H,13,14). The van der Waals surface area contributed by atoms with Gasteiger partial charge in [0.15, 0.2) is 5.60 Å². The van der Waals surface area contributed by atoms with E-state index in [4.69, 9.17) is 9.84 Å². The second-order valence-electron chi connectivity index (χ2n) is 3.77. The smallest absolute Gasteiger partial charge is 0.307 e. The predicted octanol–water partition coefficient (Wildman–Crippen LogP) is 0.310. The van der Waals surface area contributed by atoms with Crippen LogP contribution in [-0.4, -0.2) is 29.2 Å². The molecule has 1 atom stereocenters. The summed E-state index contributed by atoms with van der Waals surface area (Å²) in [5.41, 5.74) is -1.48. The van der Waals surface area contributed by atoms with Gasteiger partial charge in [-0.1, -0.05) is 12.1 Å². The minimum absolute atomic E-state index is 0.226. The molecular weight excluding hydrogens is 226 g/mol. The number of amides is 1. The number of carboxylic acids is 1. The van der Waals surface area contributed by atoms with Gasteiger partial charge >= 0.3 is 5.97 Å². The Bertz CT molecular complexity index is 499. The van der Waals surface area contributed by atoms with E-state index in [9.17, 15) is 14.7 Å². The Balaban J connectivity index is 2.54. The highest BCUT2D eigenvalue weighted by Gasteiger charge is 2.47. The van der Waals surface area contributed by atoms with E-state index in [0.29, 0.717) is 11.4 Å². The largest absolute Gasteiger partial charge is 0.495 e. The van der Waals surface area contributed by atoms with Gasteiger partial charge in [-0.3, -0.25) is 9.59 Å². The SMILES string of the molecule is COc1cccc2c1NC(=O)C2(O)CC(=O)O. The number of nitrogens with one attached hydrogen (secondary N) is 1. The topological polar surface area (TPSA) is 95.9 Å². The minimum atomic E-state index is -2.03. The van der Waals surface area contributed by atoms with E-state index in [1.165, 1.54) is 13.2 Å². The summed E-state index contributed by atoms with van der Waals surface area (Å²) in [6, 6.07) is 4.70. The highest BCUT2D eigenvalue weighted by atomic mass is 16.5. The normalized spacial score (nSPS) is 21.9. The maximum atomic E-state index is 11.7. The quantitative estimate of drug-likeness (QED) is 0.703. The molecular formula is C11H11NO5. The van der Waals surface area contributed by atoms with Crippen LogP contribution in [0, 0.1) is 0 Å². The summed E-state index contributed by atoms with van der Waals surface area (Å²) in [6.45, 7) is 0. The molecule has 6 heteroatoms. The van der Waals surface area contributed by atoms with Gasteiger partial charge in [0.05, 0.1) is 19.2 Å². The summed E-state index contributed by atoms with van der Waals surface area (Å²) in [7, 11) is 1.43. The van der Waals surface area contributed by atoms with Crippen LogP contribution in [0.5, 0.6) is 5.75 Å². The lowest BCUT2D eigenvalue weighted by Gasteiger charge is -2.18. The molecule has 1 aliphatic heterocycles. The van der Waals surface area contributed by atoms with Gasteiger partial charge in [-0.2, -0.15) is 0 Å². The maximum Gasteiger partial charge on any atom is 0.307 e. The third-order valence-electron chi connectivity index (χ3n) is 2.71. The molecule has 90 valence electrons. The van der Waals surface area contributed by atoms with Gasteiger partial charge in [-0.15, -0.1) is 0 Å². The Kier molecular flexibility index (Phi) is 2.51. The first-order valence-electron chi connectivity index (χ1n) is 4.92. The van der Waals surface area contributed by atoms with Crippen LogP contribution in [0.3, 0.4) is 0 Å². The van der Waals surface area contributed by atoms with Crippen LogP contribution in [0.15, 0.2) is 18.2 Å². The zero-order valence-corrected chi connectivity index (χ0v) is 9.06. The van der Waals surface area contributed by atoms with Gasteiger partial charge in [0, 0.05) is 5.56 Å². The number of hydrogen-bond donors (Lipinski definition) is 3. The Morgan fingerprint density at radius 2 is 2.24 bits per heavy atom. The molecule has 0 bridgehead atoms. The maximum absolute atomic E-state index is 11.7. The van der Waals surface area contributed by atoms with E-state index in [1.807, 2.05) is 0 Å². The van der Waals surface area contributed by atoms with Gasteiger partial charge in [0.25, 0.3) is 5.91 Å². The molecule has 0 saturated heterocycles. The summed E-state index contributed by atoms with van der Waals surface area (Å²) >= 11 is 0. The van der Waals surface area contributed by atoms with Crippen LogP contribution in [0.4, 0.5) is 5.69 Å². The van der Waals surface area contributed by atoms with Crippen molar-refractivity contribution in [2.45, 2.75) is 12.0 Å². The number of methoxy groups -OCH3 is 1. The van der Waals surface area contributed by atoms with Crippen molar-refractivity contribution in [3.05, 3.63) is 23.8 Å². The predicted molar refractivity (Wildman–Crippen MR) is 57.8 cm³/mol. The third kappa shape index (κ3) is 1.62. The average Bonchev–Trinajstić information content (AvgIpc) is 2.51. The highest BCUT2D eigenvalue weighted by molar-refractivity contribution is 6.07. The first-order chi connectivity index (χ1) is 7.99. The van der Waals surface area contributed by atoms with Crippen molar-refractivity contribution in [3.63, 3.8) is 0 Å². The number of hydrogen-bond acceptors (Lipinski definition) is 4. The lowest BCUT2D eigenvalue weighted by Crippen LogP contribution is -2.36. The van der Waals surface area contributed by atoms with Crippen LogP contribution in [-0.2, 0) is 15.2 Å². The molecule has 1 aromatic carbocycles. The number of benzene rings is 1. The Morgan fingerprint density at radius 3 is 2.82 bits per heavy atom. The van der Waals surface area contributed by atoms with Crippen molar-refractivity contribution >= 4 is 17.6 Å². The molecule has 1 unspecified atom stereocenters. The molecule has 1 aromatic rings. The summed E-state index contributed by atoms with van der Waals surface area (Å²) in [4.78, 5) is 22.4. The van der Waals surface area contributed by atoms with E-state index >= 15 is 0 Å². The van der Waals surface area contributed by atoms with Crippen molar-refractivity contribution in [1.29, 1.82) is 0 Å². The molecule has 1 heterocycles. The zero-order valence-electron chi connectivity index (χ0n) is 9.06. The monoisotopic (exact) mass is 237 g/mol. The molecule has 1 amide bonds. The molecule has 17 heavy (non-hydrogen) atoms. The van der Waals surface area contributed by atoms with Crippen LogP contribution in [0.25, 0.3) is 0 Å². The fraction of sp³-hybridized carbons (Fsp3) is 0.273. The first kappa shape index (κ1) is 11.4. The van der Waals surface area contributed by atoms with E-state index in [-0.39, 0.29) is 5.56 Å². The number of para-hydroxylation sites is 1. The van der Waals surface area contributed by atoms with Crippen LogP contribution in [0.2, 0.25) is 0 Å². The van der Waals surface area contributed by atoms with Crippen molar-refractivity contribution in [3.8, 4) is 5.75 Å². The summed E-state index contributed by atoms with van der Waals surface area (Å²) < 4.78 is 5.03. The molecule has 6 nitrogen and oxygen atoms in total. The van der Waals surface area contributed by atoms with Gasteiger partial charge in [-0.25, -0.2) is 0 Å². The third-order valence-corrected chi connectivity index (χ3v) is 2.71. The Hall–Kier alpha value is -2.08. The fourth-order valence-corrected chi connectivity index (χ4v) is 1.91. The molecule has 1 aliphatic rings. The molecule has 0 radical (unpaired) electrons. The van der Waals surface area contributed by atoms with E-state index in [1.54, 1.807) is 12.1 Å². The van der Waals surface area contributed by atoms with Gasteiger partial charge in [-0.05, 0) is 6.07 Å². The minimum Gasteiger partial charge on any atom is -0.495 e. The number of carbonyl (C=O) groups excluding carboxylic acids is 1. The lowest BCUT2D eigenvalue weighted by molar-refractivity contribution is -0.149. The number of fused-ring (bicyclic) bond motifs is 1. The van der Waals surface area contributed by atoms with Crippen LogP contribution >= 0.6 is 0 Å². The number of rotatable bonds is 3. The van der Waals surface area contributed by atoms with E-state index in [0.717, 1.165) is 0 Å². The van der Waals surface area contributed by atoms with Crippen LogP contribution < -0.4 is 10.1 Å². The van der Waals surface area contributed by atoms with Crippen LogP contribution in [0.1, 0.15) is 12.0 Å². The first-order valence-corrected chi connectivity index (χ1v) is 4.92. The average molecular weight is 237 g/mol. The zero-order chi connectivity index (χ0) is 12.6. The Morgan fingerprint density at radius 1 is 1.53 bits per heavy atom. The molecule has 0 fully saturated rings. The summed E-state index contributed by atoms with van der Waals surface area (Å²) in [5.74, 6) is -1.62.